The van der Waals surface area contributed by atoms with Gasteiger partial charge in [-0.3, -0.25) is 4.79 Å². The Bertz CT molecular complexity index is 265. The molecule has 4 heteroatoms. The van der Waals surface area contributed by atoms with E-state index in [2.05, 4.69) is 0 Å². The minimum atomic E-state index is -0.523. The fourth-order valence-corrected chi connectivity index (χ4v) is 0.761. The van der Waals surface area contributed by atoms with Gasteiger partial charge in [0.1, 0.15) is 0 Å². The first-order valence-corrected chi connectivity index (χ1v) is 2.80. The zero-order valence-electron chi connectivity index (χ0n) is 5.53. The second kappa shape index (κ2) is 2.06. The van der Waals surface area contributed by atoms with Crippen molar-refractivity contribution in [3.63, 3.8) is 0 Å². The van der Waals surface area contributed by atoms with Crippen LogP contribution in [0.4, 0.5) is 0 Å². The average molecular weight is 140 g/mol. The van der Waals surface area contributed by atoms with E-state index in [1.165, 1.54) is 12.3 Å². The fraction of sp³-hybridized carbons (Fsp3) is 0.167. The van der Waals surface area contributed by atoms with E-state index >= 15 is 0 Å². The number of primary amides is 1. The average Bonchev–Trinajstić information content (AvgIpc) is 2.14. The van der Waals surface area contributed by atoms with Crippen LogP contribution < -0.4 is 5.73 Å². The van der Waals surface area contributed by atoms with E-state index in [0.29, 0.717) is 11.3 Å². The maximum Gasteiger partial charge on any atom is 0.250 e. The molecule has 0 saturated heterocycles. The van der Waals surface area contributed by atoms with Crippen LogP contribution in [0.25, 0.3) is 0 Å². The van der Waals surface area contributed by atoms with Crippen LogP contribution in [0, 0.1) is 6.92 Å². The number of nitrogens with two attached hydrogens (primary N) is 1. The van der Waals surface area contributed by atoms with Crippen LogP contribution in [0.15, 0.2) is 12.3 Å². The van der Waals surface area contributed by atoms with Gasteiger partial charge in [-0.15, -0.1) is 0 Å². The lowest BCUT2D eigenvalue weighted by Crippen LogP contribution is -2.11. The van der Waals surface area contributed by atoms with Crippen molar-refractivity contribution >= 4 is 5.91 Å². The summed E-state index contributed by atoms with van der Waals surface area (Å²) in [5.74, 6) is -0.523. The highest BCUT2D eigenvalue weighted by atomic mass is 16.5. The number of hydrogen-bond acceptors (Lipinski definition) is 2. The van der Waals surface area contributed by atoms with Gasteiger partial charge in [0.2, 0.25) is 0 Å². The summed E-state index contributed by atoms with van der Waals surface area (Å²) < 4.78 is 0.861. The molecule has 1 heterocycles. The number of rotatable bonds is 1. The quantitative estimate of drug-likeness (QED) is 0.544. The predicted octanol–water partition coefficient (Wildman–Crippen LogP) is 0.133. The van der Waals surface area contributed by atoms with Crippen LogP contribution in [0.5, 0.6) is 0 Å². The summed E-state index contributed by atoms with van der Waals surface area (Å²) in [6, 6.07) is 1.47. The third kappa shape index (κ3) is 0.834. The van der Waals surface area contributed by atoms with Crippen LogP contribution in [0.2, 0.25) is 0 Å². The van der Waals surface area contributed by atoms with E-state index < -0.39 is 5.91 Å². The number of carbonyl (C=O) groups excluding carboxylic acids is 1. The summed E-state index contributed by atoms with van der Waals surface area (Å²) in [5.41, 5.74) is 5.78. The first-order chi connectivity index (χ1) is 4.63. The Morgan fingerprint density at radius 2 is 2.40 bits per heavy atom. The number of nitrogens with zero attached hydrogens (tertiary/aromatic N) is 1. The maximum atomic E-state index is 10.5. The SMILES string of the molecule is Cc1c(C(N)=O)ccn1O. The van der Waals surface area contributed by atoms with Crippen LogP contribution in [-0.4, -0.2) is 15.8 Å². The van der Waals surface area contributed by atoms with Gasteiger partial charge in [0, 0.05) is 6.20 Å². The second-order valence-corrected chi connectivity index (χ2v) is 2.02. The van der Waals surface area contributed by atoms with Crippen molar-refractivity contribution in [2.75, 3.05) is 0 Å². The topological polar surface area (TPSA) is 68.2 Å². The van der Waals surface area contributed by atoms with Gasteiger partial charge < -0.3 is 10.9 Å². The molecule has 0 saturated carbocycles. The summed E-state index contributed by atoms with van der Waals surface area (Å²) in [4.78, 5) is 10.5. The molecule has 1 amide bonds. The molecule has 3 N–H and O–H groups in total. The first-order valence-electron chi connectivity index (χ1n) is 2.80. The Morgan fingerprint density at radius 1 is 1.80 bits per heavy atom. The number of carbonyl (C=O) groups is 1. The molecule has 10 heavy (non-hydrogen) atoms. The molecule has 0 radical (unpaired) electrons. The van der Waals surface area contributed by atoms with E-state index in [0.717, 1.165) is 4.73 Å². The number of hydrogen-bond donors (Lipinski definition) is 2. The number of aromatic nitrogens is 1. The summed E-state index contributed by atoms with van der Waals surface area (Å²) in [6.45, 7) is 1.61. The van der Waals surface area contributed by atoms with Crippen molar-refractivity contribution in [2.45, 2.75) is 6.92 Å². The lowest BCUT2D eigenvalue weighted by molar-refractivity contribution is 0.0996. The lowest BCUT2D eigenvalue weighted by Gasteiger charge is -1.94. The molecule has 1 aromatic rings. The molecule has 0 spiro atoms. The Morgan fingerprint density at radius 3 is 2.60 bits per heavy atom. The zero-order chi connectivity index (χ0) is 7.72. The second-order valence-electron chi connectivity index (χ2n) is 2.02. The molecular weight excluding hydrogens is 132 g/mol. The largest absolute Gasteiger partial charge is 0.429 e. The third-order valence-corrected chi connectivity index (χ3v) is 1.38. The van der Waals surface area contributed by atoms with Gasteiger partial charge >= 0.3 is 0 Å². The molecule has 0 unspecified atom stereocenters. The Balaban J connectivity index is 3.17. The van der Waals surface area contributed by atoms with Crippen LogP contribution >= 0.6 is 0 Å². The monoisotopic (exact) mass is 140 g/mol. The molecule has 0 aromatic carbocycles. The number of amides is 1. The highest BCUT2D eigenvalue weighted by molar-refractivity contribution is 5.93. The van der Waals surface area contributed by atoms with Crippen molar-refractivity contribution in [1.82, 2.24) is 4.73 Å². The Labute approximate surface area is 57.8 Å². The molecule has 0 aliphatic carbocycles. The van der Waals surface area contributed by atoms with Crippen molar-refractivity contribution in [1.29, 1.82) is 0 Å². The van der Waals surface area contributed by atoms with Gasteiger partial charge in [-0.2, -0.15) is 4.73 Å². The van der Waals surface area contributed by atoms with Gasteiger partial charge in [-0.25, -0.2) is 0 Å². The summed E-state index contributed by atoms with van der Waals surface area (Å²) in [5, 5.41) is 8.90. The van der Waals surface area contributed by atoms with E-state index in [-0.39, 0.29) is 0 Å². The van der Waals surface area contributed by atoms with Gasteiger partial charge in [0.05, 0.1) is 11.3 Å². The maximum absolute atomic E-state index is 10.5. The third-order valence-electron chi connectivity index (χ3n) is 1.38. The predicted molar refractivity (Wildman–Crippen MR) is 34.9 cm³/mol. The zero-order valence-corrected chi connectivity index (χ0v) is 5.53. The van der Waals surface area contributed by atoms with Gasteiger partial charge in [0.25, 0.3) is 5.91 Å². The molecule has 4 nitrogen and oxygen atoms in total. The van der Waals surface area contributed by atoms with Crippen LogP contribution in [-0.2, 0) is 0 Å². The fourth-order valence-electron chi connectivity index (χ4n) is 0.761. The van der Waals surface area contributed by atoms with E-state index in [4.69, 9.17) is 10.9 Å². The molecule has 0 fully saturated rings. The van der Waals surface area contributed by atoms with E-state index in [1.807, 2.05) is 0 Å². The molecule has 1 aromatic heterocycles. The summed E-state index contributed by atoms with van der Waals surface area (Å²) >= 11 is 0. The van der Waals surface area contributed by atoms with Crippen molar-refractivity contribution < 1.29 is 10.0 Å². The normalized spacial score (nSPS) is 9.70. The van der Waals surface area contributed by atoms with Crippen molar-refractivity contribution in [3.05, 3.63) is 23.5 Å². The molecule has 0 aliphatic heterocycles. The summed E-state index contributed by atoms with van der Waals surface area (Å²) in [6.07, 6.45) is 1.37. The minimum Gasteiger partial charge on any atom is -0.429 e. The highest BCUT2D eigenvalue weighted by Crippen LogP contribution is 2.05. The lowest BCUT2D eigenvalue weighted by atomic mass is 10.2. The van der Waals surface area contributed by atoms with E-state index in [1.54, 1.807) is 6.92 Å². The van der Waals surface area contributed by atoms with Crippen LogP contribution in [0.3, 0.4) is 0 Å². The van der Waals surface area contributed by atoms with Crippen molar-refractivity contribution in [2.24, 2.45) is 5.73 Å². The molecule has 1 rings (SSSR count). The van der Waals surface area contributed by atoms with Gasteiger partial charge in [0.15, 0.2) is 0 Å². The smallest absolute Gasteiger partial charge is 0.250 e. The molecule has 0 aliphatic rings. The van der Waals surface area contributed by atoms with Crippen molar-refractivity contribution in [3.8, 4) is 0 Å². The molecule has 0 bridgehead atoms. The highest BCUT2D eigenvalue weighted by Gasteiger charge is 2.07. The Hall–Kier alpha value is -1.45. The molecular formula is C6H8N2O2. The molecule has 0 atom stereocenters. The van der Waals surface area contributed by atoms with Gasteiger partial charge in [-0.05, 0) is 13.0 Å². The molecule has 54 valence electrons. The Kier molecular flexibility index (Phi) is 1.37. The summed E-state index contributed by atoms with van der Waals surface area (Å²) in [7, 11) is 0. The van der Waals surface area contributed by atoms with E-state index in [9.17, 15) is 4.79 Å². The first kappa shape index (κ1) is 6.67. The minimum absolute atomic E-state index is 0.350. The standard InChI is InChI=1S/C6H8N2O2/c1-4-5(6(7)9)2-3-8(4)10/h2-3,10H,1H3,(H2,7,9). The van der Waals surface area contributed by atoms with Crippen LogP contribution in [0.1, 0.15) is 16.1 Å². The van der Waals surface area contributed by atoms with Gasteiger partial charge in [-0.1, -0.05) is 0 Å².